The summed E-state index contributed by atoms with van der Waals surface area (Å²) in [5.41, 5.74) is 8.41. The molecule has 2 unspecified atom stereocenters. The molecular formula is C20H32N2O2. The van der Waals surface area contributed by atoms with Gasteiger partial charge in [0.1, 0.15) is 5.75 Å². The summed E-state index contributed by atoms with van der Waals surface area (Å²) in [5.74, 6) is 1.21. The minimum Gasteiger partial charge on any atom is -0.493 e. The fourth-order valence-electron chi connectivity index (χ4n) is 3.38. The van der Waals surface area contributed by atoms with Crippen LogP contribution in [-0.2, 0) is 4.79 Å². The van der Waals surface area contributed by atoms with Crippen molar-refractivity contribution in [3.8, 4) is 5.75 Å². The van der Waals surface area contributed by atoms with Crippen LogP contribution in [0.3, 0.4) is 0 Å². The highest BCUT2D eigenvalue weighted by Crippen LogP contribution is 2.21. The summed E-state index contributed by atoms with van der Waals surface area (Å²) in [6.07, 6.45) is 5.69. The summed E-state index contributed by atoms with van der Waals surface area (Å²) in [5, 5.41) is 0. The Balaban J connectivity index is 1.71. The second-order valence-corrected chi connectivity index (χ2v) is 7.08. The topological polar surface area (TPSA) is 55.6 Å². The second kappa shape index (κ2) is 9.07. The first-order valence-electron chi connectivity index (χ1n) is 9.24. The van der Waals surface area contributed by atoms with Crippen LogP contribution >= 0.6 is 0 Å². The van der Waals surface area contributed by atoms with Crippen LogP contribution in [0.4, 0.5) is 0 Å². The van der Waals surface area contributed by atoms with Crippen LogP contribution in [0, 0.1) is 13.8 Å². The molecule has 2 N–H and O–H groups in total. The Labute approximate surface area is 146 Å². The number of nitrogens with zero attached hydrogens (tertiary/aromatic N) is 1. The van der Waals surface area contributed by atoms with Crippen molar-refractivity contribution in [2.45, 2.75) is 71.4 Å². The normalized spacial score (nSPS) is 19.2. The molecule has 4 nitrogen and oxygen atoms in total. The number of aryl methyl sites for hydroxylation is 2. The number of rotatable bonds is 7. The Morgan fingerprint density at radius 1 is 1.33 bits per heavy atom. The Bertz CT molecular complexity index is 542. The van der Waals surface area contributed by atoms with Gasteiger partial charge >= 0.3 is 0 Å². The molecule has 0 aliphatic carbocycles. The van der Waals surface area contributed by atoms with Gasteiger partial charge in [0.25, 0.3) is 0 Å². The van der Waals surface area contributed by atoms with Crippen molar-refractivity contribution in [1.29, 1.82) is 0 Å². The number of carbonyl (C=O) groups is 1. The third-order valence-electron chi connectivity index (χ3n) is 4.86. The zero-order valence-corrected chi connectivity index (χ0v) is 15.4. The van der Waals surface area contributed by atoms with Crippen molar-refractivity contribution in [2.24, 2.45) is 5.73 Å². The van der Waals surface area contributed by atoms with E-state index in [1.807, 2.05) is 11.8 Å². The Hall–Kier alpha value is -1.55. The lowest BCUT2D eigenvalue weighted by atomic mass is 9.96. The van der Waals surface area contributed by atoms with Crippen LogP contribution in [0.2, 0.25) is 0 Å². The molecule has 1 fully saturated rings. The molecule has 134 valence electrons. The van der Waals surface area contributed by atoms with Crippen molar-refractivity contribution >= 4 is 5.91 Å². The van der Waals surface area contributed by atoms with Crippen LogP contribution < -0.4 is 10.5 Å². The van der Waals surface area contributed by atoms with E-state index in [2.05, 4.69) is 32.0 Å². The molecule has 1 aromatic rings. The number of nitrogens with two attached hydrogens (primary N) is 1. The summed E-state index contributed by atoms with van der Waals surface area (Å²) >= 11 is 0. The van der Waals surface area contributed by atoms with Gasteiger partial charge in [-0.25, -0.2) is 0 Å². The summed E-state index contributed by atoms with van der Waals surface area (Å²) in [7, 11) is 0. The van der Waals surface area contributed by atoms with E-state index >= 15 is 0 Å². The molecule has 0 bridgehead atoms. The number of benzene rings is 1. The summed E-state index contributed by atoms with van der Waals surface area (Å²) < 4.78 is 5.86. The maximum absolute atomic E-state index is 12.5. The van der Waals surface area contributed by atoms with Gasteiger partial charge in [0.15, 0.2) is 0 Å². The predicted molar refractivity (Wildman–Crippen MR) is 98.3 cm³/mol. The number of amides is 1. The zero-order valence-electron chi connectivity index (χ0n) is 15.4. The fourth-order valence-corrected chi connectivity index (χ4v) is 3.38. The van der Waals surface area contributed by atoms with Gasteiger partial charge in [-0.15, -0.1) is 0 Å². The lowest BCUT2D eigenvalue weighted by Gasteiger charge is -2.38. The van der Waals surface area contributed by atoms with Crippen LogP contribution in [-0.4, -0.2) is 36.0 Å². The van der Waals surface area contributed by atoms with E-state index in [1.165, 1.54) is 12.0 Å². The van der Waals surface area contributed by atoms with Gasteiger partial charge in [0.2, 0.25) is 5.91 Å². The molecule has 1 aromatic carbocycles. The molecule has 1 aliphatic heterocycles. The van der Waals surface area contributed by atoms with Gasteiger partial charge in [0.05, 0.1) is 6.61 Å². The van der Waals surface area contributed by atoms with Crippen LogP contribution in [0.25, 0.3) is 0 Å². The molecule has 1 aliphatic rings. The van der Waals surface area contributed by atoms with E-state index in [0.717, 1.165) is 43.5 Å². The monoisotopic (exact) mass is 332 g/mol. The molecule has 1 heterocycles. The smallest absolute Gasteiger partial charge is 0.222 e. The zero-order chi connectivity index (χ0) is 17.5. The standard InChI is InChI=1S/C20H32N2O2/c1-15-10-11-16(2)19(14-15)24-13-7-5-9-20(23)22-12-6-4-8-18(22)17(3)21/h10-11,14,17-18H,4-9,12-13,21H2,1-3H3. The number of unbranched alkanes of at least 4 members (excludes halogenated alkanes) is 1. The molecule has 1 amide bonds. The van der Waals surface area contributed by atoms with Crippen molar-refractivity contribution in [2.75, 3.05) is 13.2 Å². The number of hydrogen-bond acceptors (Lipinski definition) is 3. The lowest BCUT2D eigenvalue weighted by Crippen LogP contribution is -2.51. The molecule has 0 spiro atoms. The third kappa shape index (κ3) is 5.23. The van der Waals surface area contributed by atoms with Gasteiger partial charge < -0.3 is 15.4 Å². The molecule has 24 heavy (non-hydrogen) atoms. The minimum atomic E-state index is 0.0573. The van der Waals surface area contributed by atoms with Crippen LogP contribution in [0.5, 0.6) is 5.75 Å². The molecule has 0 aromatic heterocycles. The van der Waals surface area contributed by atoms with E-state index in [9.17, 15) is 4.79 Å². The van der Waals surface area contributed by atoms with Gasteiger partial charge in [-0.05, 0) is 70.1 Å². The average Bonchev–Trinajstić information content (AvgIpc) is 2.57. The first kappa shape index (κ1) is 18.8. The van der Waals surface area contributed by atoms with E-state index in [0.29, 0.717) is 13.0 Å². The number of likely N-dealkylation sites (tertiary alicyclic amines) is 1. The highest BCUT2D eigenvalue weighted by atomic mass is 16.5. The van der Waals surface area contributed by atoms with Gasteiger partial charge in [0, 0.05) is 25.0 Å². The lowest BCUT2D eigenvalue weighted by molar-refractivity contribution is -0.135. The number of ether oxygens (including phenoxy) is 1. The van der Waals surface area contributed by atoms with E-state index in [4.69, 9.17) is 10.5 Å². The number of carbonyl (C=O) groups excluding carboxylic acids is 1. The summed E-state index contributed by atoms with van der Waals surface area (Å²) in [4.78, 5) is 14.5. The minimum absolute atomic E-state index is 0.0573. The largest absolute Gasteiger partial charge is 0.493 e. The van der Waals surface area contributed by atoms with Gasteiger partial charge in [-0.3, -0.25) is 4.79 Å². The van der Waals surface area contributed by atoms with Gasteiger partial charge in [-0.1, -0.05) is 12.1 Å². The van der Waals surface area contributed by atoms with Crippen molar-refractivity contribution in [3.05, 3.63) is 29.3 Å². The highest BCUT2D eigenvalue weighted by Gasteiger charge is 2.28. The van der Waals surface area contributed by atoms with Gasteiger partial charge in [-0.2, -0.15) is 0 Å². The van der Waals surface area contributed by atoms with E-state index in [-0.39, 0.29) is 18.0 Å². The van der Waals surface area contributed by atoms with E-state index in [1.54, 1.807) is 0 Å². The Morgan fingerprint density at radius 2 is 2.12 bits per heavy atom. The number of hydrogen-bond donors (Lipinski definition) is 1. The average molecular weight is 332 g/mol. The molecule has 2 rings (SSSR count). The van der Waals surface area contributed by atoms with Crippen molar-refractivity contribution < 1.29 is 9.53 Å². The molecular weight excluding hydrogens is 300 g/mol. The summed E-state index contributed by atoms with van der Waals surface area (Å²) in [6.45, 7) is 7.66. The van der Waals surface area contributed by atoms with Crippen LogP contribution in [0.1, 0.15) is 56.6 Å². The van der Waals surface area contributed by atoms with Crippen molar-refractivity contribution in [1.82, 2.24) is 4.90 Å². The third-order valence-corrected chi connectivity index (χ3v) is 4.86. The van der Waals surface area contributed by atoms with E-state index < -0.39 is 0 Å². The first-order chi connectivity index (χ1) is 11.5. The summed E-state index contributed by atoms with van der Waals surface area (Å²) in [6, 6.07) is 6.52. The second-order valence-electron chi connectivity index (χ2n) is 7.08. The van der Waals surface area contributed by atoms with Crippen molar-refractivity contribution in [3.63, 3.8) is 0 Å². The molecule has 4 heteroatoms. The maximum atomic E-state index is 12.5. The molecule has 2 atom stereocenters. The number of piperidine rings is 1. The molecule has 0 saturated carbocycles. The first-order valence-corrected chi connectivity index (χ1v) is 9.24. The quantitative estimate of drug-likeness (QED) is 0.777. The highest BCUT2D eigenvalue weighted by molar-refractivity contribution is 5.76. The molecule has 1 saturated heterocycles. The fraction of sp³-hybridized carbons (Fsp3) is 0.650. The molecule has 0 radical (unpaired) electrons. The predicted octanol–water partition coefficient (Wildman–Crippen LogP) is 3.58. The Kier molecular flexibility index (Phi) is 7.10. The Morgan fingerprint density at radius 3 is 2.88 bits per heavy atom. The SMILES string of the molecule is Cc1ccc(C)c(OCCCCC(=O)N2CCCCC2C(C)N)c1. The maximum Gasteiger partial charge on any atom is 0.222 e. The van der Waals surface area contributed by atoms with Crippen LogP contribution in [0.15, 0.2) is 18.2 Å².